The summed E-state index contributed by atoms with van der Waals surface area (Å²) in [6, 6.07) is 13.4. The number of ether oxygens (including phenoxy) is 1. The van der Waals surface area contributed by atoms with E-state index in [9.17, 15) is 4.79 Å². The van der Waals surface area contributed by atoms with Crippen LogP contribution in [0.25, 0.3) is 0 Å². The van der Waals surface area contributed by atoms with Gasteiger partial charge < -0.3 is 15.0 Å². The minimum atomic E-state index is -0.0871. The molecular formula is C21H26N4O2S. The molecule has 2 aromatic carbocycles. The second-order valence-corrected chi connectivity index (χ2v) is 7.02. The molecule has 0 aliphatic heterocycles. The Balaban J connectivity index is 1.92. The number of amides is 1. The first-order chi connectivity index (χ1) is 13.3. The molecule has 148 valence electrons. The van der Waals surface area contributed by atoms with Crippen LogP contribution < -0.4 is 15.5 Å². The number of carbonyl (C=O) groups is 1. The van der Waals surface area contributed by atoms with Crippen LogP contribution in [-0.4, -0.2) is 42.3 Å². The third kappa shape index (κ3) is 6.06. The summed E-state index contributed by atoms with van der Waals surface area (Å²) in [6.45, 7) is 6.01. The van der Waals surface area contributed by atoms with E-state index in [4.69, 9.17) is 17.0 Å². The van der Waals surface area contributed by atoms with Gasteiger partial charge in [-0.15, -0.1) is 0 Å². The normalized spacial score (nSPS) is 11.0. The van der Waals surface area contributed by atoms with Gasteiger partial charge in [-0.1, -0.05) is 12.1 Å². The molecule has 0 spiro atoms. The topological polar surface area (TPSA) is 66.0 Å². The highest BCUT2D eigenvalue weighted by Crippen LogP contribution is 2.17. The summed E-state index contributed by atoms with van der Waals surface area (Å²) < 4.78 is 5.47. The van der Waals surface area contributed by atoms with Crippen molar-refractivity contribution in [2.45, 2.75) is 20.8 Å². The first-order valence-electron chi connectivity index (χ1n) is 8.89. The molecule has 2 rings (SSSR count). The van der Waals surface area contributed by atoms with Gasteiger partial charge in [-0.25, -0.2) is 0 Å². The van der Waals surface area contributed by atoms with Crippen LogP contribution in [0.4, 0.5) is 5.69 Å². The van der Waals surface area contributed by atoms with Gasteiger partial charge in [-0.3, -0.25) is 10.2 Å². The summed E-state index contributed by atoms with van der Waals surface area (Å²) in [6.07, 6.45) is 0. The van der Waals surface area contributed by atoms with Crippen molar-refractivity contribution in [2.75, 3.05) is 26.0 Å². The number of nitrogens with one attached hydrogen (secondary N) is 2. The van der Waals surface area contributed by atoms with E-state index in [2.05, 4.69) is 28.8 Å². The number of carbonyl (C=O) groups excluding carboxylic acids is 1. The van der Waals surface area contributed by atoms with E-state index in [0.717, 1.165) is 22.5 Å². The van der Waals surface area contributed by atoms with Gasteiger partial charge in [0.25, 0.3) is 5.91 Å². The Bertz CT molecular complexity index is 876. The lowest BCUT2D eigenvalue weighted by atomic mass is 10.1. The van der Waals surface area contributed by atoms with Crippen LogP contribution in [0.2, 0.25) is 0 Å². The van der Waals surface area contributed by atoms with E-state index in [1.165, 1.54) is 10.5 Å². The number of rotatable bonds is 6. The van der Waals surface area contributed by atoms with Crippen LogP contribution in [0.5, 0.6) is 5.75 Å². The molecule has 0 fully saturated rings. The van der Waals surface area contributed by atoms with Gasteiger partial charge in [-0.2, -0.15) is 5.10 Å². The summed E-state index contributed by atoms with van der Waals surface area (Å²) in [5.74, 6) is 0.544. The van der Waals surface area contributed by atoms with Gasteiger partial charge in [0.05, 0.1) is 5.71 Å². The molecule has 0 heterocycles. The second kappa shape index (κ2) is 9.85. The van der Waals surface area contributed by atoms with Crippen molar-refractivity contribution in [2.24, 2.45) is 5.10 Å². The van der Waals surface area contributed by atoms with Crippen molar-refractivity contribution >= 4 is 34.6 Å². The van der Waals surface area contributed by atoms with Gasteiger partial charge in [-0.05, 0) is 80.0 Å². The number of hydrogen-bond acceptors (Lipinski definition) is 4. The summed E-state index contributed by atoms with van der Waals surface area (Å²) in [5.41, 5.74) is 7.88. The Labute approximate surface area is 171 Å². The van der Waals surface area contributed by atoms with Gasteiger partial charge in [0.1, 0.15) is 5.75 Å². The Kier molecular flexibility index (Phi) is 7.52. The van der Waals surface area contributed by atoms with Crippen LogP contribution in [0.3, 0.4) is 0 Å². The SMILES string of the molecule is C/C(=N/NC(=S)Nc1cccc(C)c1C)c1ccc(OCC(=O)N(C)C)cc1. The van der Waals surface area contributed by atoms with Crippen molar-refractivity contribution in [3.8, 4) is 5.75 Å². The Morgan fingerprint density at radius 2 is 1.82 bits per heavy atom. The fourth-order valence-corrected chi connectivity index (χ4v) is 2.46. The Morgan fingerprint density at radius 3 is 2.46 bits per heavy atom. The van der Waals surface area contributed by atoms with Gasteiger partial charge in [0.2, 0.25) is 0 Å². The number of hydrazone groups is 1. The van der Waals surface area contributed by atoms with E-state index >= 15 is 0 Å². The maximum absolute atomic E-state index is 11.6. The number of hydrogen-bond donors (Lipinski definition) is 2. The van der Waals surface area contributed by atoms with E-state index in [0.29, 0.717) is 10.9 Å². The van der Waals surface area contributed by atoms with Crippen LogP contribution >= 0.6 is 12.2 Å². The van der Waals surface area contributed by atoms with Gasteiger partial charge in [0, 0.05) is 19.8 Å². The fraction of sp³-hybridized carbons (Fsp3) is 0.286. The molecule has 0 aliphatic rings. The largest absolute Gasteiger partial charge is 0.484 e. The first kappa shape index (κ1) is 21.4. The monoisotopic (exact) mass is 398 g/mol. The molecule has 0 aliphatic carbocycles. The third-order valence-electron chi connectivity index (χ3n) is 4.31. The third-order valence-corrected chi connectivity index (χ3v) is 4.50. The zero-order chi connectivity index (χ0) is 20.7. The predicted octanol–water partition coefficient (Wildman–Crippen LogP) is 3.48. The molecule has 0 atom stereocenters. The maximum Gasteiger partial charge on any atom is 0.259 e. The van der Waals surface area contributed by atoms with Crippen molar-refractivity contribution in [3.05, 3.63) is 59.2 Å². The van der Waals surface area contributed by atoms with Crippen molar-refractivity contribution in [1.29, 1.82) is 0 Å². The Hall–Kier alpha value is -2.93. The number of nitrogens with zero attached hydrogens (tertiary/aromatic N) is 2. The molecule has 6 nitrogen and oxygen atoms in total. The van der Waals surface area contributed by atoms with Crippen LogP contribution in [-0.2, 0) is 4.79 Å². The smallest absolute Gasteiger partial charge is 0.259 e. The number of anilines is 1. The average Bonchev–Trinajstić information content (AvgIpc) is 2.68. The van der Waals surface area contributed by atoms with E-state index < -0.39 is 0 Å². The molecule has 28 heavy (non-hydrogen) atoms. The summed E-state index contributed by atoms with van der Waals surface area (Å²) in [7, 11) is 3.39. The number of aryl methyl sites for hydroxylation is 1. The molecule has 0 unspecified atom stereocenters. The molecule has 0 aromatic heterocycles. The summed E-state index contributed by atoms with van der Waals surface area (Å²) >= 11 is 5.32. The number of thiocarbonyl (C=S) groups is 1. The first-order valence-corrected chi connectivity index (χ1v) is 9.29. The molecule has 0 radical (unpaired) electrons. The lowest BCUT2D eigenvalue weighted by Gasteiger charge is -2.12. The molecular weight excluding hydrogens is 372 g/mol. The van der Waals surface area contributed by atoms with Gasteiger partial charge >= 0.3 is 0 Å². The second-order valence-electron chi connectivity index (χ2n) is 6.61. The fourth-order valence-electron chi connectivity index (χ4n) is 2.30. The summed E-state index contributed by atoms with van der Waals surface area (Å²) in [5, 5.41) is 7.92. The van der Waals surface area contributed by atoms with E-state index in [1.807, 2.05) is 50.2 Å². The van der Waals surface area contributed by atoms with Crippen LogP contribution in [0.1, 0.15) is 23.6 Å². The maximum atomic E-state index is 11.6. The lowest BCUT2D eigenvalue weighted by molar-refractivity contribution is -0.130. The van der Waals surface area contributed by atoms with E-state index in [-0.39, 0.29) is 12.5 Å². The summed E-state index contributed by atoms with van der Waals surface area (Å²) in [4.78, 5) is 13.1. The molecule has 0 saturated carbocycles. The van der Waals surface area contributed by atoms with Crippen molar-refractivity contribution < 1.29 is 9.53 Å². The Morgan fingerprint density at radius 1 is 1.14 bits per heavy atom. The van der Waals surface area contributed by atoms with Crippen LogP contribution in [0.15, 0.2) is 47.6 Å². The number of likely N-dealkylation sites (N-methyl/N-ethyl adjacent to an activating group) is 1. The average molecular weight is 399 g/mol. The number of benzene rings is 2. The molecule has 0 bridgehead atoms. The van der Waals surface area contributed by atoms with Crippen molar-refractivity contribution in [1.82, 2.24) is 10.3 Å². The minimum absolute atomic E-state index is 0.0132. The van der Waals surface area contributed by atoms with Gasteiger partial charge in [0.15, 0.2) is 11.7 Å². The molecule has 2 N–H and O–H groups in total. The minimum Gasteiger partial charge on any atom is -0.484 e. The highest BCUT2D eigenvalue weighted by molar-refractivity contribution is 7.80. The molecule has 1 amide bonds. The van der Waals surface area contributed by atoms with Crippen LogP contribution in [0, 0.1) is 13.8 Å². The molecule has 7 heteroatoms. The molecule has 2 aromatic rings. The predicted molar refractivity (Wildman–Crippen MR) is 118 cm³/mol. The quantitative estimate of drug-likeness (QED) is 0.443. The highest BCUT2D eigenvalue weighted by atomic mass is 32.1. The van der Waals surface area contributed by atoms with E-state index in [1.54, 1.807) is 14.1 Å². The zero-order valence-electron chi connectivity index (χ0n) is 16.9. The lowest BCUT2D eigenvalue weighted by Crippen LogP contribution is -2.27. The zero-order valence-corrected chi connectivity index (χ0v) is 17.7. The molecule has 0 saturated heterocycles. The highest BCUT2D eigenvalue weighted by Gasteiger charge is 2.06. The van der Waals surface area contributed by atoms with Crippen molar-refractivity contribution in [3.63, 3.8) is 0 Å². The standard InChI is InChI=1S/C21H26N4O2S/c1-14-7-6-8-19(15(14)2)22-21(28)24-23-16(3)17-9-11-18(12-10-17)27-13-20(26)25(4)5/h6-12H,13H2,1-5H3,(H2,22,24,28)/b23-16-.